The van der Waals surface area contributed by atoms with Gasteiger partial charge in [0.15, 0.2) is 12.2 Å². The van der Waals surface area contributed by atoms with E-state index in [0.29, 0.717) is 24.5 Å². The van der Waals surface area contributed by atoms with Gasteiger partial charge in [0, 0.05) is 11.8 Å². The normalized spacial score (nSPS) is 25.1. The molecule has 2 heterocycles. The zero-order chi connectivity index (χ0) is 51.4. The molecule has 2 fully saturated rings. The summed E-state index contributed by atoms with van der Waals surface area (Å²) >= 11 is 0. The summed E-state index contributed by atoms with van der Waals surface area (Å²) in [5, 5.41) is 40.8. The second-order valence-corrected chi connectivity index (χ2v) is 23.2. The average Bonchev–Trinajstić information content (AvgIpc) is 4.25. The van der Waals surface area contributed by atoms with Crippen LogP contribution in [0.25, 0.3) is 0 Å². The smallest absolute Gasteiger partial charge is 0.314 e. The van der Waals surface area contributed by atoms with Gasteiger partial charge in [-0.05, 0) is 49.7 Å². The van der Waals surface area contributed by atoms with E-state index in [2.05, 4.69) is 41.5 Å². The van der Waals surface area contributed by atoms with Crippen molar-refractivity contribution in [3.8, 4) is 0 Å². The number of ether oxygens (including phenoxy) is 2. The fourth-order valence-corrected chi connectivity index (χ4v) is 12.1. The van der Waals surface area contributed by atoms with E-state index in [1.165, 1.54) is 128 Å². The lowest BCUT2D eigenvalue weighted by Crippen LogP contribution is -2.48. The van der Waals surface area contributed by atoms with Crippen molar-refractivity contribution in [1.29, 1.82) is 0 Å². The molecule has 10 heteroatoms. The Hall–Kier alpha value is -3.04. The Balaban J connectivity index is 0.000000373. The minimum Gasteiger partial charge on any atom is -0.483 e. The highest BCUT2D eigenvalue weighted by Gasteiger charge is 2.63. The van der Waals surface area contributed by atoms with Crippen molar-refractivity contribution in [3.05, 3.63) is 23.7 Å². The highest BCUT2D eigenvalue weighted by molar-refractivity contribution is 5.87. The van der Waals surface area contributed by atoms with E-state index in [4.69, 9.17) is 9.47 Å². The summed E-state index contributed by atoms with van der Waals surface area (Å²) in [5.74, 6) is -3.34. The zero-order valence-electron chi connectivity index (χ0n) is 45.5. The topological polar surface area (TPSA) is 174 Å². The molecule has 4 rings (SSSR count). The van der Waals surface area contributed by atoms with Crippen LogP contribution in [0.3, 0.4) is 0 Å². The Morgan fingerprint density at radius 1 is 0.429 bits per heavy atom. The molecule has 8 unspecified atom stereocenters. The molecule has 8 atom stereocenters. The monoisotopic (exact) mass is 985 g/mol. The predicted octanol–water partition coefficient (Wildman–Crippen LogP) is 16.7. The SMILES string of the molecule is CC(C)CCCCCCCC1C2OC2=CC(CCCCCCCC(C)C)(C(=O)O)C1C(=O)O.CCCCCCCCCCCCC1C2OC2=CC(CCCCCCCCCCCC)(C(=O)O)C1C(=O)O. The lowest BCUT2D eigenvalue weighted by atomic mass is 9.61. The summed E-state index contributed by atoms with van der Waals surface area (Å²) in [6.07, 6.45) is 42.5. The first-order chi connectivity index (χ1) is 33.7. The number of fused-ring (bicyclic) bond motifs is 2. The van der Waals surface area contributed by atoms with Crippen molar-refractivity contribution >= 4 is 23.9 Å². The van der Waals surface area contributed by atoms with Crippen LogP contribution in [0.1, 0.15) is 273 Å². The Morgan fingerprint density at radius 3 is 0.971 bits per heavy atom. The third-order valence-corrected chi connectivity index (χ3v) is 16.4. The summed E-state index contributed by atoms with van der Waals surface area (Å²) in [4.78, 5) is 49.9. The van der Waals surface area contributed by atoms with Crippen molar-refractivity contribution in [2.75, 3.05) is 0 Å². The number of epoxide rings is 2. The van der Waals surface area contributed by atoms with Crippen LogP contribution in [0.2, 0.25) is 0 Å². The summed E-state index contributed by atoms with van der Waals surface area (Å²) in [6.45, 7) is 13.4. The van der Waals surface area contributed by atoms with E-state index in [9.17, 15) is 39.6 Å². The van der Waals surface area contributed by atoms with Gasteiger partial charge >= 0.3 is 23.9 Å². The Morgan fingerprint density at radius 2 is 0.700 bits per heavy atom. The molecule has 0 aromatic heterocycles. The number of hydrogen-bond acceptors (Lipinski definition) is 6. The second-order valence-electron chi connectivity index (χ2n) is 23.2. The van der Waals surface area contributed by atoms with Crippen LogP contribution < -0.4 is 0 Å². The number of carbonyl (C=O) groups is 4. The zero-order valence-corrected chi connectivity index (χ0v) is 45.5. The largest absolute Gasteiger partial charge is 0.483 e. The van der Waals surface area contributed by atoms with E-state index in [0.717, 1.165) is 102 Å². The van der Waals surface area contributed by atoms with Gasteiger partial charge in [-0.2, -0.15) is 0 Å². The molecule has 2 saturated heterocycles. The third-order valence-electron chi connectivity index (χ3n) is 16.4. The number of aliphatic carboxylic acids is 4. The minimum absolute atomic E-state index is 0.181. The number of carboxylic acid groups (broad SMARTS) is 4. The summed E-state index contributed by atoms with van der Waals surface area (Å²) < 4.78 is 11.5. The third kappa shape index (κ3) is 20.8. The lowest BCUT2D eigenvalue weighted by molar-refractivity contribution is -0.163. The van der Waals surface area contributed by atoms with E-state index in [1.54, 1.807) is 12.2 Å². The van der Waals surface area contributed by atoms with Crippen LogP contribution in [-0.4, -0.2) is 56.5 Å². The van der Waals surface area contributed by atoms with Crippen molar-refractivity contribution in [2.24, 2.45) is 46.3 Å². The lowest BCUT2D eigenvalue weighted by Gasteiger charge is -2.37. The maximum atomic E-state index is 12.6. The number of hydrogen-bond donors (Lipinski definition) is 4. The highest BCUT2D eigenvalue weighted by Crippen LogP contribution is 2.57. The molecule has 10 nitrogen and oxygen atoms in total. The summed E-state index contributed by atoms with van der Waals surface area (Å²) in [6, 6.07) is 0. The molecular formula is C60H104O10. The van der Waals surface area contributed by atoms with Crippen LogP contribution in [0.5, 0.6) is 0 Å². The maximum absolute atomic E-state index is 12.6. The number of rotatable bonds is 42. The molecule has 0 amide bonds. The van der Waals surface area contributed by atoms with Gasteiger partial charge in [0.05, 0.1) is 11.8 Å². The van der Waals surface area contributed by atoms with Crippen LogP contribution in [0, 0.1) is 46.3 Å². The van der Waals surface area contributed by atoms with Crippen molar-refractivity contribution in [3.63, 3.8) is 0 Å². The van der Waals surface area contributed by atoms with Crippen molar-refractivity contribution in [2.45, 2.75) is 285 Å². The Bertz CT molecular complexity index is 1570. The van der Waals surface area contributed by atoms with Gasteiger partial charge in [-0.3, -0.25) is 19.2 Å². The van der Waals surface area contributed by atoms with Crippen molar-refractivity contribution in [1.82, 2.24) is 0 Å². The van der Waals surface area contributed by atoms with Gasteiger partial charge in [-0.25, -0.2) is 0 Å². The van der Waals surface area contributed by atoms with Gasteiger partial charge in [0.2, 0.25) is 0 Å². The molecule has 404 valence electrons. The first-order valence-corrected chi connectivity index (χ1v) is 29.4. The number of unbranched alkanes of at least 4 members (excludes halogenated alkanes) is 26. The minimum atomic E-state index is -1.34. The van der Waals surface area contributed by atoms with E-state index in [-0.39, 0.29) is 24.0 Å². The molecule has 0 aromatic carbocycles. The molecule has 0 aromatic rings. The molecule has 4 N–H and O–H groups in total. The van der Waals surface area contributed by atoms with E-state index in [1.807, 2.05) is 0 Å². The van der Waals surface area contributed by atoms with E-state index < -0.39 is 46.5 Å². The fraction of sp³-hybridized carbons (Fsp3) is 0.867. The number of carboxylic acids is 4. The first kappa shape index (κ1) is 61.3. The second kappa shape index (κ2) is 33.6. The van der Waals surface area contributed by atoms with Gasteiger partial charge in [-0.15, -0.1) is 0 Å². The molecule has 0 radical (unpaired) electrons. The summed E-state index contributed by atoms with van der Waals surface area (Å²) in [7, 11) is 0. The van der Waals surface area contributed by atoms with Gasteiger partial charge in [-0.1, -0.05) is 247 Å². The van der Waals surface area contributed by atoms with Gasteiger partial charge in [0.25, 0.3) is 0 Å². The summed E-state index contributed by atoms with van der Waals surface area (Å²) in [5.41, 5.74) is -2.68. The molecule has 0 saturated carbocycles. The molecule has 4 aliphatic rings. The Kier molecular flexibility index (Phi) is 29.4. The molecule has 2 aliphatic carbocycles. The highest BCUT2D eigenvalue weighted by atomic mass is 16.6. The maximum Gasteiger partial charge on any atom is 0.314 e. The van der Waals surface area contributed by atoms with E-state index >= 15 is 0 Å². The average molecular weight is 985 g/mol. The van der Waals surface area contributed by atoms with Crippen molar-refractivity contribution < 1.29 is 49.1 Å². The van der Waals surface area contributed by atoms with Gasteiger partial charge in [0.1, 0.15) is 22.3 Å². The fourth-order valence-electron chi connectivity index (χ4n) is 12.1. The van der Waals surface area contributed by atoms with Crippen LogP contribution in [0.4, 0.5) is 0 Å². The Labute approximate surface area is 426 Å². The van der Waals surface area contributed by atoms with Gasteiger partial charge < -0.3 is 29.9 Å². The van der Waals surface area contributed by atoms with Crippen LogP contribution in [-0.2, 0) is 28.7 Å². The molecule has 70 heavy (non-hydrogen) atoms. The first-order valence-electron chi connectivity index (χ1n) is 29.4. The molecular weight excluding hydrogens is 881 g/mol. The quantitative estimate of drug-likeness (QED) is 0.0340. The van der Waals surface area contributed by atoms with Crippen LogP contribution in [0.15, 0.2) is 23.7 Å². The predicted molar refractivity (Wildman–Crippen MR) is 283 cm³/mol. The molecule has 2 aliphatic heterocycles. The molecule has 0 spiro atoms. The molecule has 0 bridgehead atoms. The van der Waals surface area contributed by atoms with Crippen LogP contribution >= 0.6 is 0 Å². The standard InChI is InChI=1S/C32H56O5.C28H48O5/c1-3-5-7-9-11-13-15-17-19-21-23-26-28(30(33)34)32(31(35)36,25-27-29(26)37-27)24-22-20-18-16-14-12-10-8-6-4-2;1-20(2)15-11-7-5-9-13-17-22-24(26(29)30)28(27(31)32,19-23-25(22)33-23)18-14-10-6-8-12-16-21(3)4/h25-26,28-29H,3-24H2,1-2H3,(H,33,34)(H,35,36);19-22,24-25H,5-18H2,1-4H3,(H,29,30)(H,31,32).